The maximum atomic E-state index is 7.98. The zero-order valence-corrected chi connectivity index (χ0v) is 41.1. The quantitative estimate of drug-likeness (QED) is 0.135. The highest BCUT2D eigenvalue weighted by Crippen LogP contribution is 2.45. The van der Waals surface area contributed by atoms with Gasteiger partial charge < -0.3 is 9.13 Å². The summed E-state index contributed by atoms with van der Waals surface area (Å²) in [5.74, 6) is 1.74. The third kappa shape index (κ3) is 7.70. The van der Waals surface area contributed by atoms with E-state index >= 15 is 0 Å². The van der Waals surface area contributed by atoms with Crippen LogP contribution in [-0.4, -0.2) is 24.1 Å². The smallest absolute Gasteiger partial charge is 0.187 e. The Hall–Kier alpha value is -10.5. The molecule has 0 saturated carbocycles. The lowest BCUT2D eigenvalue weighted by molar-refractivity contribution is 1.07. The van der Waals surface area contributed by atoms with Gasteiger partial charge in [0.05, 0.1) is 40.0 Å². The summed E-state index contributed by atoms with van der Waals surface area (Å²) in [7, 11) is 0. The third-order valence-electron chi connectivity index (χ3n) is 14.6. The molecule has 0 atom stereocenters. The van der Waals surface area contributed by atoms with Gasteiger partial charge in [-0.1, -0.05) is 194 Å². The first-order valence-corrected chi connectivity index (χ1v) is 25.5. The predicted molar refractivity (Wildman–Crippen MR) is 313 cm³/mol. The molecule has 0 aliphatic carbocycles. The summed E-state index contributed by atoms with van der Waals surface area (Å²) in [4.78, 5) is 19.5. The molecule has 0 N–H and O–H groups in total. The first kappa shape index (κ1) is 44.2. The number of fused-ring (bicyclic) bond motifs is 6. The summed E-state index contributed by atoms with van der Waals surface area (Å²) in [5.41, 5.74) is 18.1. The molecular formula is C70H44N6. The molecule has 0 aliphatic heterocycles. The summed E-state index contributed by atoms with van der Waals surface area (Å²) in [6.07, 6.45) is 0. The average molecular weight is 969 g/mol. The molecule has 354 valence electrons. The van der Waals surface area contributed by atoms with Crippen LogP contribution in [0, 0.1) is 6.57 Å². The molecule has 11 aromatic carbocycles. The van der Waals surface area contributed by atoms with Crippen molar-refractivity contribution < 1.29 is 0 Å². The van der Waals surface area contributed by atoms with Gasteiger partial charge in [-0.15, -0.1) is 0 Å². The second-order valence-electron chi connectivity index (χ2n) is 19.1. The summed E-state index contributed by atoms with van der Waals surface area (Å²) in [5, 5.41) is 4.64. The Balaban J connectivity index is 1.09. The van der Waals surface area contributed by atoms with Crippen molar-refractivity contribution in [3.05, 3.63) is 278 Å². The monoisotopic (exact) mass is 968 g/mol. The molecule has 0 bridgehead atoms. The minimum Gasteiger partial charge on any atom is -0.309 e. The predicted octanol–water partition coefficient (Wildman–Crippen LogP) is 18.3. The Kier molecular flexibility index (Phi) is 10.8. The molecule has 0 spiro atoms. The van der Waals surface area contributed by atoms with E-state index in [2.05, 4.69) is 202 Å². The van der Waals surface area contributed by atoms with E-state index in [1.165, 1.54) is 11.1 Å². The molecule has 14 aromatic rings. The lowest BCUT2D eigenvalue weighted by atomic mass is 9.94. The van der Waals surface area contributed by atoms with Gasteiger partial charge in [-0.2, -0.15) is 0 Å². The van der Waals surface area contributed by atoms with Crippen LogP contribution in [-0.2, 0) is 0 Å². The van der Waals surface area contributed by atoms with Crippen molar-refractivity contribution in [1.82, 2.24) is 24.1 Å². The topological polar surface area (TPSA) is 52.9 Å². The Morgan fingerprint density at radius 2 is 0.618 bits per heavy atom. The highest BCUT2D eigenvalue weighted by molar-refractivity contribution is 6.13. The van der Waals surface area contributed by atoms with E-state index in [1.54, 1.807) is 0 Å². The van der Waals surface area contributed by atoms with Crippen molar-refractivity contribution in [2.24, 2.45) is 0 Å². The van der Waals surface area contributed by atoms with Gasteiger partial charge in [-0.25, -0.2) is 19.8 Å². The Morgan fingerprint density at radius 3 is 1.11 bits per heavy atom. The van der Waals surface area contributed by atoms with Gasteiger partial charge in [0.15, 0.2) is 23.2 Å². The van der Waals surface area contributed by atoms with Crippen molar-refractivity contribution in [3.63, 3.8) is 0 Å². The van der Waals surface area contributed by atoms with Crippen LogP contribution in [0.2, 0.25) is 0 Å². The van der Waals surface area contributed by atoms with Crippen LogP contribution in [0.4, 0.5) is 5.69 Å². The van der Waals surface area contributed by atoms with Crippen LogP contribution < -0.4 is 0 Å². The molecule has 0 amide bonds. The molecule has 14 rings (SSSR count). The average Bonchev–Trinajstić information content (AvgIpc) is 4.14. The Morgan fingerprint density at radius 1 is 0.263 bits per heavy atom. The van der Waals surface area contributed by atoms with Crippen molar-refractivity contribution in [1.29, 1.82) is 0 Å². The van der Waals surface area contributed by atoms with E-state index in [4.69, 9.17) is 21.5 Å². The number of aromatic nitrogens is 5. The molecule has 3 heterocycles. The van der Waals surface area contributed by atoms with Gasteiger partial charge in [0.25, 0.3) is 0 Å². The van der Waals surface area contributed by atoms with Crippen LogP contribution in [0.5, 0.6) is 0 Å². The van der Waals surface area contributed by atoms with Gasteiger partial charge in [-0.3, -0.25) is 0 Å². The van der Waals surface area contributed by atoms with Crippen LogP contribution in [0.25, 0.3) is 139 Å². The number of nitrogens with zero attached hydrogens (tertiary/aromatic N) is 6. The summed E-state index contributed by atoms with van der Waals surface area (Å²) in [6, 6.07) is 93.9. The molecule has 6 heteroatoms. The summed E-state index contributed by atoms with van der Waals surface area (Å²) >= 11 is 0. The standard InChI is InChI=1S/C70H44N6/c1-71-55-28-18-27-50(41-55)53-35-39-66(75-62-31-16-14-29-56(62)58-42-51(33-37-64(58)75)46-19-6-2-7-20-46)60(44-53)61-45-54(70-73-68(48-23-10-4-11-24-48)72-69(74-70)49-25-12-5-13-26-49)36-40-67(61)76-63-32-17-15-30-57(63)59-43-52(34-38-65(59)76)47-21-8-3-9-22-47/h2-45H. The lowest BCUT2D eigenvalue weighted by Crippen LogP contribution is -2.04. The SMILES string of the molecule is [C-]#[N+]c1cccc(-c2ccc(-n3c4ccccc4c4cc(-c5ccccc5)ccc43)c(-c3cc(-c4nc(-c5ccccc5)nc(-c5ccccc5)n4)ccc3-n3c4ccccc4c4cc(-c5ccccc5)ccc43)c2)c1. The molecule has 0 aliphatic rings. The van der Waals surface area contributed by atoms with Gasteiger partial charge >= 0.3 is 0 Å². The number of hydrogen-bond donors (Lipinski definition) is 0. The van der Waals surface area contributed by atoms with Crippen molar-refractivity contribution >= 4 is 49.3 Å². The first-order valence-electron chi connectivity index (χ1n) is 25.5. The summed E-state index contributed by atoms with van der Waals surface area (Å²) < 4.78 is 4.84. The fourth-order valence-corrected chi connectivity index (χ4v) is 11.0. The highest BCUT2D eigenvalue weighted by Gasteiger charge is 2.24. The molecule has 6 nitrogen and oxygen atoms in total. The van der Waals surface area contributed by atoms with E-state index in [1.807, 2.05) is 78.9 Å². The van der Waals surface area contributed by atoms with E-state index < -0.39 is 0 Å². The van der Waals surface area contributed by atoms with Crippen molar-refractivity contribution in [2.45, 2.75) is 0 Å². The van der Waals surface area contributed by atoms with Crippen LogP contribution in [0.3, 0.4) is 0 Å². The number of benzene rings is 11. The zero-order chi connectivity index (χ0) is 50.5. The Bertz CT molecular complexity index is 4510. The van der Waals surface area contributed by atoms with Gasteiger partial charge in [-0.05, 0) is 106 Å². The minimum absolute atomic E-state index is 0.558. The van der Waals surface area contributed by atoms with Gasteiger partial charge in [0.2, 0.25) is 0 Å². The number of rotatable bonds is 9. The Labute approximate surface area is 439 Å². The van der Waals surface area contributed by atoms with Crippen LogP contribution in [0.15, 0.2) is 267 Å². The second-order valence-corrected chi connectivity index (χ2v) is 19.1. The zero-order valence-electron chi connectivity index (χ0n) is 41.1. The molecule has 0 fully saturated rings. The normalized spacial score (nSPS) is 11.4. The number of para-hydroxylation sites is 2. The maximum absolute atomic E-state index is 7.98. The molecule has 3 aromatic heterocycles. The fraction of sp³-hybridized carbons (Fsp3) is 0. The van der Waals surface area contributed by atoms with Gasteiger partial charge in [0.1, 0.15) is 0 Å². The van der Waals surface area contributed by atoms with Crippen LogP contribution >= 0.6 is 0 Å². The van der Waals surface area contributed by atoms with Crippen molar-refractivity contribution in [2.75, 3.05) is 0 Å². The van der Waals surface area contributed by atoms with Gasteiger partial charge in [0, 0.05) is 49.4 Å². The van der Waals surface area contributed by atoms with Crippen LogP contribution in [0.1, 0.15) is 0 Å². The first-order chi connectivity index (χ1) is 37.6. The molecular weight excluding hydrogens is 925 g/mol. The lowest BCUT2D eigenvalue weighted by Gasteiger charge is -2.21. The van der Waals surface area contributed by atoms with E-state index in [0.29, 0.717) is 23.2 Å². The molecule has 0 radical (unpaired) electrons. The summed E-state index contributed by atoms with van der Waals surface area (Å²) in [6.45, 7) is 7.98. The van der Waals surface area contributed by atoms with Crippen molar-refractivity contribution in [3.8, 4) is 90.0 Å². The van der Waals surface area contributed by atoms with E-state index in [-0.39, 0.29) is 0 Å². The maximum Gasteiger partial charge on any atom is 0.187 e. The molecule has 76 heavy (non-hydrogen) atoms. The molecule has 0 unspecified atom stereocenters. The largest absolute Gasteiger partial charge is 0.309 e. The molecule has 0 saturated heterocycles. The number of hydrogen-bond acceptors (Lipinski definition) is 3. The third-order valence-corrected chi connectivity index (χ3v) is 14.6. The second kappa shape index (κ2) is 18.5. The van der Waals surface area contributed by atoms with E-state index in [0.717, 1.165) is 105 Å². The fourth-order valence-electron chi connectivity index (χ4n) is 11.0. The highest BCUT2D eigenvalue weighted by atomic mass is 15.0. The van der Waals surface area contributed by atoms with E-state index in [9.17, 15) is 0 Å². The minimum atomic E-state index is 0.558.